The highest BCUT2D eigenvalue weighted by atomic mass is 32.2. The van der Waals surface area contributed by atoms with Crippen LogP contribution >= 0.6 is 11.8 Å². The molecule has 0 aliphatic carbocycles. The van der Waals surface area contributed by atoms with E-state index in [1.54, 1.807) is 13.1 Å². The number of rotatable bonds is 3. The number of nitrogens with zero attached hydrogens (tertiary/aromatic N) is 3. The van der Waals surface area contributed by atoms with Gasteiger partial charge in [-0.25, -0.2) is 9.89 Å². The van der Waals surface area contributed by atoms with Crippen molar-refractivity contribution in [1.29, 1.82) is 5.26 Å². The maximum absolute atomic E-state index is 11.2. The summed E-state index contributed by atoms with van der Waals surface area (Å²) in [7, 11) is 1.68. The first kappa shape index (κ1) is 12.5. The molecule has 1 heterocycles. The van der Waals surface area contributed by atoms with Gasteiger partial charge in [0, 0.05) is 12.8 Å². The van der Waals surface area contributed by atoms with Gasteiger partial charge >= 0.3 is 5.69 Å². The molecule has 0 aliphatic heterocycles. The molecule has 0 saturated carbocycles. The molecule has 0 aliphatic rings. The first-order valence-corrected chi connectivity index (χ1v) is 6.34. The highest BCUT2D eigenvalue weighted by molar-refractivity contribution is 7.98. The topological polar surface area (TPSA) is 74.5 Å². The van der Waals surface area contributed by atoms with Gasteiger partial charge in [0.1, 0.15) is 0 Å². The fourth-order valence-corrected chi connectivity index (χ4v) is 2.53. The standard InChI is InChI=1S/C12H12N4OS/c1-8-5-9(6-13)3-4-10(8)7-18-12-15-14-11(17)16(12)2/h3-5H,7H2,1-2H3,(H,14,17). The van der Waals surface area contributed by atoms with Crippen LogP contribution in [-0.4, -0.2) is 14.8 Å². The largest absolute Gasteiger partial charge is 0.343 e. The Hall–Kier alpha value is -2.00. The van der Waals surface area contributed by atoms with Gasteiger partial charge in [0.2, 0.25) is 0 Å². The van der Waals surface area contributed by atoms with E-state index in [0.717, 1.165) is 16.9 Å². The lowest BCUT2D eigenvalue weighted by Gasteiger charge is -2.05. The first-order valence-electron chi connectivity index (χ1n) is 5.35. The molecule has 18 heavy (non-hydrogen) atoms. The van der Waals surface area contributed by atoms with E-state index in [0.29, 0.717) is 10.7 Å². The van der Waals surface area contributed by atoms with E-state index >= 15 is 0 Å². The molecule has 6 heteroatoms. The Morgan fingerprint density at radius 1 is 1.56 bits per heavy atom. The monoisotopic (exact) mass is 260 g/mol. The smallest absolute Gasteiger partial charge is 0.273 e. The minimum atomic E-state index is -0.214. The number of H-pyrrole nitrogens is 1. The van der Waals surface area contributed by atoms with Crippen LogP contribution in [0.4, 0.5) is 0 Å². The minimum Gasteiger partial charge on any atom is -0.273 e. The molecule has 0 radical (unpaired) electrons. The number of nitrogens with one attached hydrogen (secondary N) is 1. The Labute approximate surface area is 108 Å². The zero-order valence-corrected chi connectivity index (χ0v) is 10.9. The Bertz CT molecular complexity index is 665. The second-order valence-corrected chi connectivity index (χ2v) is 4.85. The third kappa shape index (κ3) is 2.46. The van der Waals surface area contributed by atoms with Gasteiger partial charge in [0.05, 0.1) is 11.6 Å². The molecule has 0 amide bonds. The van der Waals surface area contributed by atoms with Crippen LogP contribution in [0.25, 0.3) is 0 Å². The summed E-state index contributed by atoms with van der Waals surface area (Å²) in [5.41, 5.74) is 2.65. The Kier molecular flexibility index (Phi) is 3.53. The lowest BCUT2D eigenvalue weighted by atomic mass is 10.1. The van der Waals surface area contributed by atoms with Crippen LogP contribution in [0.5, 0.6) is 0 Å². The van der Waals surface area contributed by atoms with Crippen LogP contribution in [0.2, 0.25) is 0 Å². The first-order chi connectivity index (χ1) is 8.61. The predicted octanol–water partition coefficient (Wildman–Crippen LogP) is 1.58. The van der Waals surface area contributed by atoms with E-state index in [2.05, 4.69) is 16.3 Å². The average molecular weight is 260 g/mol. The van der Waals surface area contributed by atoms with Crippen LogP contribution in [0.15, 0.2) is 28.2 Å². The molecular formula is C12H12N4OS. The molecule has 2 rings (SSSR count). The zero-order valence-electron chi connectivity index (χ0n) is 10.1. The van der Waals surface area contributed by atoms with Crippen molar-refractivity contribution in [3.8, 4) is 6.07 Å². The number of aryl methyl sites for hydroxylation is 1. The van der Waals surface area contributed by atoms with Crippen molar-refractivity contribution < 1.29 is 0 Å². The van der Waals surface area contributed by atoms with Gasteiger partial charge in [-0.1, -0.05) is 17.8 Å². The summed E-state index contributed by atoms with van der Waals surface area (Å²) in [6, 6.07) is 7.71. The minimum absolute atomic E-state index is 0.214. The summed E-state index contributed by atoms with van der Waals surface area (Å²) in [5, 5.41) is 15.8. The molecule has 0 bridgehead atoms. The fourth-order valence-electron chi connectivity index (χ4n) is 1.53. The summed E-state index contributed by atoms with van der Waals surface area (Å²) in [6.07, 6.45) is 0. The van der Waals surface area contributed by atoms with Crippen molar-refractivity contribution in [3.63, 3.8) is 0 Å². The second kappa shape index (κ2) is 5.10. The van der Waals surface area contributed by atoms with Crippen LogP contribution in [0.1, 0.15) is 16.7 Å². The van der Waals surface area contributed by atoms with Crippen molar-refractivity contribution in [2.45, 2.75) is 17.8 Å². The summed E-state index contributed by atoms with van der Waals surface area (Å²) in [6.45, 7) is 1.97. The van der Waals surface area contributed by atoms with Crippen molar-refractivity contribution in [1.82, 2.24) is 14.8 Å². The molecule has 1 aromatic carbocycles. The number of benzene rings is 1. The molecule has 1 aromatic heterocycles. The van der Waals surface area contributed by atoms with Gasteiger partial charge in [0.15, 0.2) is 5.16 Å². The van der Waals surface area contributed by atoms with E-state index in [1.807, 2.05) is 19.1 Å². The third-order valence-electron chi connectivity index (χ3n) is 2.67. The van der Waals surface area contributed by atoms with E-state index in [-0.39, 0.29) is 5.69 Å². The highest BCUT2D eigenvalue weighted by Gasteiger charge is 2.06. The fraction of sp³-hybridized carbons (Fsp3) is 0.250. The molecule has 92 valence electrons. The maximum Gasteiger partial charge on any atom is 0.343 e. The lowest BCUT2D eigenvalue weighted by Crippen LogP contribution is -2.12. The van der Waals surface area contributed by atoms with Crippen LogP contribution in [0, 0.1) is 18.3 Å². The Morgan fingerprint density at radius 2 is 2.33 bits per heavy atom. The third-order valence-corrected chi connectivity index (χ3v) is 3.75. The number of nitriles is 1. The zero-order chi connectivity index (χ0) is 13.1. The number of thioether (sulfide) groups is 1. The molecular weight excluding hydrogens is 248 g/mol. The summed E-state index contributed by atoms with van der Waals surface area (Å²) >= 11 is 1.49. The molecule has 0 fully saturated rings. The van der Waals surface area contributed by atoms with Crippen molar-refractivity contribution >= 4 is 11.8 Å². The molecule has 0 atom stereocenters. The predicted molar refractivity (Wildman–Crippen MR) is 69.3 cm³/mol. The van der Waals surface area contributed by atoms with Gasteiger partial charge in [0.25, 0.3) is 0 Å². The van der Waals surface area contributed by atoms with Crippen LogP contribution < -0.4 is 5.69 Å². The second-order valence-electron chi connectivity index (χ2n) is 3.91. The molecule has 0 saturated heterocycles. The summed E-state index contributed by atoms with van der Waals surface area (Å²) in [5.74, 6) is 0.718. The molecule has 0 spiro atoms. The normalized spacial score (nSPS) is 10.3. The van der Waals surface area contributed by atoms with E-state index in [1.165, 1.54) is 16.3 Å². The van der Waals surface area contributed by atoms with Crippen LogP contribution in [0.3, 0.4) is 0 Å². The van der Waals surface area contributed by atoms with Crippen molar-refractivity contribution in [2.24, 2.45) is 7.05 Å². The maximum atomic E-state index is 11.2. The molecule has 1 N–H and O–H groups in total. The Balaban J connectivity index is 2.14. The molecule has 2 aromatic rings. The number of hydrogen-bond acceptors (Lipinski definition) is 4. The number of aromatic amines is 1. The van der Waals surface area contributed by atoms with Crippen molar-refractivity contribution in [2.75, 3.05) is 0 Å². The lowest BCUT2D eigenvalue weighted by molar-refractivity contribution is 0.765. The van der Waals surface area contributed by atoms with Crippen molar-refractivity contribution in [3.05, 3.63) is 45.4 Å². The van der Waals surface area contributed by atoms with Gasteiger partial charge in [-0.05, 0) is 30.2 Å². The van der Waals surface area contributed by atoms with Gasteiger partial charge in [-0.2, -0.15) is 5.26 Å². The number of aromatic nitrogens is 3. The summed E-state index contributed by atoms with van der Waals surface area (Å²) in [4.78, 5) is 11.2. The average Bonchev–Trinajstić information content (AvgIpc) is 2.68. The van der Waals surface area contributed by atoms with E-state index in [9.17, 15) is 4.79 Å². The Morgan fingerprint density at radius 3 is 2.89 bits per heavy atom. The van der Waals surface area contributed by atoms with Gasteiger partial charge in [-0.3, -0.25) is 4.57 Å². The van der Waals surface area contributed by atoms with Gasteiger partial charge in [-0.15, -0.1) is 5.10 Å². The highest BCUT2D eigenvalue weighted by Crippen LogP contribution is 2.21. The quantitative estimate of drug-likeness (QED) is 0.850. The number of hydrogen-bond donors (Lipinski definition) is 1. The van der Waals surface area contributed by atoms with E-state index in [4.69, 9.17) is 5.26 Å². The van der Waals surface area contributed by atoms with Gasteiger partial charge < -0.3 is 0 Å². The van der Waals surface area contributed by atoms with E-state index < -0.39 is 0 Å². The SMILES string of the molecule is Cc1cc(C#N)ccc1CSc1n[nH]c(=O)n1C. The van der Waals surface area contributed by atoms with Crippen LogP contribution in [-0.2, 0) is 12.8 Å². The molecule has 0 unspecified atom stereocenters. The summed E-state index contributed by atoms with van der Waals surface area (Å²) < 4.78 is 1.48. The molecule has 5 nitrogen and oxygen atoms in total.